The molecule has 2 saturated carbocycles. The topological polar surface area (TPSA) is 115 Å². The van der Waals surface area contributed by atoms with Crippen molar-refractivity contribution in [2.45, 2.75) is 78.2 Å². The van der Waals surface area contributed by atoms with Crippen molar-refractivity contribution in [1.82, 2.24) is 0 Å². The van der Waals surface area contributed by atoms with Gasteiger partial charge in [0.25, 0.3) is 0 Å². The Balaban J connectivity index is 2.16. The summed E-state index contributed by atoms with van der Waals surface area (Å²) in [4.78, 5) is 23.4. The van der Waals surface area contributed by atoms with Crippen LogP contribution in [0.2, 0.25) is 0 Å². The lowest BCUT2D eigenvalue weighted by Gasteiger charge is -2.53. The van der Waals surface area contributed by atoms with E-state index in [9.17, 15) is 30.0 Å². The number of carbonyl (C=O) groups excluding carboxylic acids is 2. The van der Waals surface area contributed by atoms with Gasteiger partial charge in [0.2, 0.25) is 0 Å². The number of phenols is 3. The second kappa shape index (κ2) is 9.73. The Labute approximate surface area is 202 Å². The third kappa shape index (κ3) is 4.61. The number of phenolic OH excluding ortho intramolecular Hbond substituents is 3. The van der Waals surface area contributed by atoms with E-state index in [4.69, 9.17) is 0 Å². The van der Waals surface area contributed by atoms with E-state index in [1.807, 2.05) is 13.8 Å². The smallest absolute Gasteiger partial charge is 0.157 e. The molecule has 0 aromatic heterocycles. The molecule has 2 aliphatic rings. The van der Waals surface area contributed by atoms with Crippen molar-refractivity contribution in [2.75, 3.05) is 0 Å². The molecule has 1 aromatic rings. The quantitative estimate of drug-likeness (QED) is 0.304. The first-order chi connectivity index (χ1) is 15.8. The van der Waals surface area contributed by atoms with Crippen molar-refractivity contribution in [1.29, 1.82) is 0 Å². The van der Waals surface area contributed by atoms with Gasteiger partial charge in [-0.3, -0.25) is 9.59 Å². The first kappa shape index (κ1) is 26.3. The molecule has 3 unspecified atom stereocenters. The molecular weight excluding hydrogens is 432 g/mol. The van der Waals surface area contributed by atoms with Crippen molar-refractivity contribution in [3.8, 4) is 17.2 Å². The fourth-order valence-electron chi connectivity index (χ4n) is 6.86. The van der Waals surface area contributed by atoms with Crippen molar-refractivity contribution >= 4 is 12.6 Å². The zero-order valence-corrected chi connectivity index (χ0v) is 21.0. The van der Waals surface area contributed by atoms with Gasteiger partial charge in [0.1, 0.15) is 17.2 Å². The highest BCUT2D eigenvalue weighted by Gasteiger charge is 2.49. The fourth-order valence-corrected chi connectivity index (χ4v) is 6.86. The number of aldehydes is 2. The van der Waals surface area contributed by atoms with Gasteiger partial charge in [0, 0.05) is 5.56 Å². The van der Waals surface area contributed by atoms with Crippen LogP contribution in [0.1, 0.15) is 98.9 Å². The summed E-state index contributed by atoms with van der Waals surface area (Å²) in [6.45, 7) is 14.4. The van der Waals surface area contributed by atoms with Crippen LogP contribution in [0.4, 0.5) is 0 Å². The predicted molar refractivity (Wildman–Crippen MR) is 131 cm³/mol. The van der Waals surface area contributed by atoms with Gasteiger partial charge >= 0.3 is 0 Å². The summed E-state index contributed by atoms with van der Waals surface area (Å²) in [6.07, 6.45) is 4.65. The summed E-state index contributed by atoms with van der Waals surface area (Å²) in [5, 5.41) is 43.1. The van der Waals surface area contributed by atoms with Gasteiger partial charge in [-0.05, 0) is 87.4 Å². The van der Waals surface area contributed by atoms with Crippen LogP contribution in [0.3, 0.4) is 0 Å². The molecule has 3 rings (SSSR count). The molecule has 0 aliphatic heterocycles. The Hall–Kier alpha value is -2.34. The molecule has 0 saturated heterocycles. The number of aliphatic hydroxyl groups is 1. The molecular formula is C28H40O6. The third-order valence-electron chi connectivity index (χ3n) is 8.51. The minimum atomic E-state index is -0.783. The monoisotopic (exact) mass is 472 g/mol. The summed E-state index contributed by atoms with van der Waals surface area (Å²) >= 11 is 0. The summed E-state index contributed by atoms with van der Waals surface area (Å²) in [5.74, 6) is -0.701. The molecule has 6 heteroatoms. The van der Waals surface area contributed by atoms with E-state index in [-0.39, 0.29) is 58.1 Å². The molecule has 0 bridgehead atoms. The SMILES string of the molecule is C=C1CC[C@H](C(CC(C)C)c2c(O)c(C=O)c(O)c(C=O)c2O)C2C1C[C@H](C(C)(C)O)C[C@@H]2C. The molecule has 0 spiro atoms. The average Bonchev–Trinajstić information content (AvgIpc) is 2.73. The minimum absolute atomic E-state index is 0.0796. The Bertz CT molecular complexity index is 922. The van der Waals surface area contributed by atoms with Crippen LogP contribution in [0.5, 0.6) is 17.2 Å². The van der Waals surface area contributed by atoms with E-state index in [0.717, 1.165) is 25.7 Å². The van der Waals surface area contributed by atoms with Gasteiger partial charge in [-0.1, -0.05) is 32.9 Å². The largest absolute Gasteiger partial charge is 0.507 e. The average molecular weight is 473 g/mol. The zero-order chi connectivity index (χ0) is 25.5. The second-order valence-electron chi connectivity index (χ2n) is 11.6. The fraction of sp³-hybridized carbons (Fsp3) is 0.643. The first-order valence-electron chi connectivity index (χ1n) is 12.4. The summed E-state index contributed by atoms with van der Waals surface area (Å²) < 4.78 is 0. The molecule has 0 amide bonds. The van der Waals surface area contributed by atoms with Gasteiger partial charge in [-0.25, -0.2) is 0 Å². The molecule has 188 valence electrons. The molecule has 1 aromatic carbocycles. The maximum absolute atomic E-state index is 11.7. The molecule has 34 heavy (non-hydrogen) atoms. The highest BCUT2D eigenvalue weighted by Crippen LogP contribution is 2.58. The van der Waals surface area contributed by atoms with Crippen molar-refractivity contribution in [3.63, 3.8) is 0 Å². The molecule has 6 nitrogen and oxygen atoms in total. The van der Waals surface area contributed by atoms with E-state index in [1.165, 1.54) is 5.57 Å². The van der Waals surface area contributed by atoms with Gasteiger partial charge < -0.3 is 20.4 Å². The van der Waals surface area contributed by atoms with Gasteiger partial charge in [-0.15, -0.1) is 0 Å². The number of hydrogen-bond acceptors (Lipinski definition) is 6. The number of allylic oxidation sites excluding steroid dienone is 1. The Kier molecular flexibility index (Phi) is 7.51. The summed E-state index contributed by atoms with van der Waals surface area (Å²) in [5.41, 5.74) is -0.136. The lowest BCUT2D eigenvalue weighted by molar-refractivity contribution is -0.0508. The van der Waals surface area contributed by atoms with Crippen LogP contribution in [-0.4, -0.2) is 38.6 Å². The van der Waals surface area contributed by atoms with Gasteiger partial charge in [0.05, 0.1) is 16.7 Å². The Morgan fingerprint density at radius 2 is 1.59 bits per heavy atom. The minimum Gasteiger partial charge on any atom is -0.507 e. The van der Waals surface area contributed by atoms with Crippen LogP contribution in [0.15, 0.2) is 12.2 Å². The van der Waals surface area contributed by atoms with Gasteiger partial charge in [-0.2, -0.15) is 0 Å². The van der Waals surface area contributed by atoms with Crippen molar-refractivity contribution in [2.24, 2.45) is 35.5 Å². The molecule has 2 fully saturated rings. The normalized spacial score (nSPS) is 28.4. The number of rotatable bonds is 7. The highest BCUT2D eigenvalue weighted by atomic mass is 16.3. The number of hydrogen-bond donors (Lipinski definition) is 4. The number of carbonyl (C=O) groups is 2. The number of benzene rings is 1. The summed E-state index contributed by atoms with van der Waals surface area (Å²) in [7, 11) is 0. The zero-order valence-electron chi connectivity index (χ0n) is 21.0. The molecule has 6 atom stereocenters. The lowest BCUT2D eigenvalue weighted by Crippen LogP contribution is -2.46. The summed E-state index contributed by atoms with van der Waals surface area (Å²) in [6, 6.07) is 0. The van der Waals surface area contributed by atoms with Crippen LogP contribution in [0, 0.1) is 35.5 Å². The van der Waals surface area contributed by atoms with Crippen molar-refractivity contribution < 1.29 is 30.0 Å². The molecule has 2 aliphatic carbocycles. The van der Waals surface area contributed by atoms with Gasteiger partial charge in [0.15, 0.2) is 12.6 Å². The Morgan fingerprint density at radius 1 is 1.03 bits per heavy atom. The Morgan fingerprint density at radius 3 is 2.06 bits per heavy atom. The maximum atomic E-state index is 11.7. The highest BCUT2D eigenvalue weighted by molar-refractivity contribution is 5.94. The molecule has 4 N–H and O–H groups in total. The third-order valence-corrected chi connectivity index (χ3v) is 8.51. The molecule has 0 heterocycles. The van der Waals surface area contributed by atoms with Crippen LogP contribution in [-0.2, 0) is 0 Å². The van der Waals surface area contributed by atoms with E-state index >= 15 is 0 Å². The predicted octanol–water partition coefficient (Wildman–Crippen LogP) is 5.57. The van der Waals surface area contributed by atoms with Crippen LogP contribution >= 0.6 is 0 Å². The van der Waals surface area contributed by atoms with E-state index in [2.05, 4.69) is 27.4 Å². The molecule has 0 radical (unpaired) electrons. The maximum Gasteiger partial charge on any atom is 0.157 e. The van der Waals surface area contributed by atoms with Crippen LogP contribution in [0.25, 0.3) is 0 Å². The lowest BCUT2D eigenvalue weighted by atomic mass is 9.53. The van der Waals surface area contributed by atoms with E-state index in [0.29, 0.717) is 19.0 Å². The number of aromatic hydroxyl groups is 3. The second-order valence-corrected chi connectivity index (χ2v) is 11.6. The number of fused-ring (bicyclic) bond motifs is 1. The van der Waals surface area contributed by atoms with Crippen LogP contribution < -0.4 is 0 Å². The van der Waals surface area contributed by atoms with Crippen molar-refractivity contribution in [3.05, 3.63) is 28.8 Å². The van der Waals surface area contributed by atoms with E-state index < -0.39 is 22.8 Å². The first-order valence-corrected chi connectivity index (χ1v) is 12.4. The van der Waals surface area contributed by atoms with E-state index in [1.54, 1.807) is 0 Å². The standard InChI is InChI=1S/C28H40O6/c1-14(2)9-20(24-26(32)21(12-29)25(31)22(13-30)27(24)33)18-8-7-15(3)19-11-17(28(5,6)34)10-16(4)23(18)19/h12-14,16-20,23,31-34H,3,7-11H2,1-2,4-6H3/t16-,17+,18+,19?,20?,23?/m0/s1.